The van der Waals surface area contributed by atoms with Crippen molar-refractivity contribution in [1.82, 2.24) is 9.80 Å². The van der Waals surface area contributed by atoms with Crippen LogP contribution in [0.4, 0.5) is 0 Å². The molecule has 0 aliphatic carbocycles. The number of rotatable bonds is 25. The smallest absolute Gasteiger partial charge is 0.219 e. The fraction of sp³-hybridized carbons (Fsp3) is 0.938. The van der Waals surface area contributed by atoms with Crippen molar-refractivity contribution in [2.75, 3.05) is 81.6 Å². The van der Waals surface area contributed by atoms with Crippen LogP contribution in [0, 0.1) is 0 Å². The molecule has 0 aromatic heterocycles. The van der Waals surface area contributed by atoms with E-state index in [2.05, 4.69) is 42.3 Å². The monoisotopic (exact) mass is 541 g/mol. The van der Waals surface area contributed by atoms with Crippen LogP contribution in [-0.4, -0.2) is 112 Å². The van der Waals surface area contributed by atoms with Crippen molar-refractivity contribution < 1.29 is 18.6 Å². The SMILES string of the molecule is CC(=O)N(CCCCCCCCCC[N+](C)(C)C)CCN(CCCCCCCCCC[N+](C)(C)C)C(C)=O. The molecule has 0 spiro atoms. The van der Waals surface area contributed by atoms with E-state index in [1.165, 1.54) is 103 Å². The van der Waals surface area contributed by atoms with Crippen molar-refractivity contribution in [1.29, 1.82) is 0 Å². The number of carbonyl (C=O) groups excluding carboxylic acids is 2. The average Bonchev–Trinajstić information content (AvgIpc) is 2.79. The summed E-state index contributed by atoms with van der Waals surface area (Å²) in [7, 11) is 13.6. The Kier molecular flexibility index (Phi) is 21.0. The van der Waals surface area contributed by atoms with E-state index in [0.29, 0.717) is 13.1 Å². The molecule has 0 unspecified atom stereocenters. The van der Waals surface area contributed by atoms with Crippen LogP contribution in [0.3, 0.4) is 0 Å². The minimum atomic E-state index is 0.132. The van der Waals surface area contributed by atoms with E-state index < -0.39 is 0 Å². The molecule has 226 valence electrons. The van der Waals surface area contributed by atoms with Gasteiger partial charge in [-0.1, -0.05) is 64.2 Å². The number of nitrogens with zero attached hydrogens (tertiary/aromatic N) is 4. The summed E-state index contributed by atoms with van der Waals surface area (Å²) in [6.07, 6.45) is 20.3. The predicted octanol–water partition coefficient (Wildman–Crippen LogP) is 6.34. The lowest BCUT2D eigenvalue weighted by atomic mass is 10.1. The first kappa shape index (κ1) is 36.9. The highest BCUT2D eigenvalue weighted by molar-refractivity contribution is 5.74. The van der Waals surface area contributed by atoms with Gasteiger partial charge in [-0.25, -0.2) is 0 Å². The van der Waals surface area contributed by atoms with Crippen LogP contribution in [-0.2, 0) is 9.59 Å². The third-order valence-electron chi connectivity index (χ3n) is 7.54. The summed E-state index contributed by atoms with van der Waals surface area (Å²) in [6.45, 7) is 8.81. The van der Waals surface area contributed by atoms with Gasteiger partial charge >= 0.3 is 0 Å². The Morgan fingerprint density at radius 1 is 0.395 bits per heavy atom. The number of amides is 2. The fourth-order valence-electron chi connectivity index (χ4n) is 4.99. The molecule has 0 saturated carbocycles. The summed E-state index contributed by atoms with van der Waals surface area (Å²) in [5.74, 6) is 0.263. The van der Waals surface area contributed by atoms with Crippen LogP contribution in [0.1, 0.15) is 117 Å². The Bertz CT molecular complexity index is 543. The highest BCUT2D eigenvalue weighted by atomic mass is 16.2. The van der Waals surface area contributed by atoms with E-state index >= 15 is 0 Å². The molecule has 38 heavy (non-hydrogen) atoms. The highest BCUT2D eigenvalue weighted by Crippen LogP contribution is 2.12. The van der Waals surface area contributed by atoms with Crippen LogP contribution < -0.4 is 0 Å². The molecule has 0 atom stereocenters. The van der Waals surface area contributed by atoms with E-state index in [1.54, 1.807) is 13.8 Å². The molecule has 0 aliphatic rings. The maximum absolute atomic E-state index is 12.2. The molecular weight excluding hydrogens is 472 g/mol. The maximum atomic E-state index is 12.2. The molecule has 0 saturated heterocycles. The Balaban J connectivity index is 3.91. The van der Waals surface area contributed by atoms with E-state index in [4.69, 9.17) is 0 Å². The van der Waals surface area contributed by atoms with Crippen molar-refractivity contribution in [3.63, 3.8) is 0 Å². The first-order chi connectivity index (χ1) is 17.8. The van der Waals surface area contributed by atoms with Crippen molar-refractivity contribution in [3.8, 4) is 0 Å². The molecule has 6 heteroatoms. The molecule has 0 rings (SSSR count). The molecule has 0 aromatic carbocycles. The van der Waals surface area contributed by atoms with E-state index in [-0.39, 0.29) is 11.8 Å². The molecule has 0 radical (unpaired) electrons. The average molecular weight is 541 g/mol. The third-order valence-corrected chi connectivity index (χ3v) is 7.54. The summed E-state index contributed by atoms with van der Waals surface area (Å²) in [5.41, 5.74) is 0. The van der Waals surface area contributed by atoms with Crippen LogP contribution in [0.5, 0.6) is 0 Å². The van der Waals surface area contributed by atoms with Gasteiger partial charge in [0.15, 0.2) is 0 Å². The van der Waals surface area contributed by atoms with E-state index in [1.807, 2.05) is 9.80 Å². The summed E-state index contributed by atoms with van der Waals surface area (Å²) in [5, 5.41) is 0. The molecule has 0 heterocycles. The molecule has 0 N–H and O–H groups in total. The van der Waals surface area contributed by atoms with Gasteiger partial charge in [0, 0.05) is 40.0 Å². The first-order valence-corrected chi connectivity index (χ1v) is 15.9. The largest absolute Gasteiger partial charge is 0.341 e. The Labute approximate surface area is 238 Å². The summed E-state index contributed by atoms with van der Waals surface area (Å²) in [4.78, 5) is 28.2. The number of carbonyl (C=O) groups is 2. The van der Waals surface area contributed by atoms with Crippen molar-refractivity contribution in [3.05, 3.63) is 0 Å². The van der Waals surface area contributed by atoms with Crippen LogP contribution in [0.15, 0.2) is 0 Å². The fourth-order valence-corrected chi connectivity index (χ4v) is 4.99. The standard InChI is InChI=1S/C32H68N4O2/c1-31(37)33(25-21-17-13-9-11-15-19-23-29-35(3,4)5)27-28-34(32(2)38)26-22-18-14-10-12-16-20-24-30-36(6,7)8/h9-30H2,1-8H3/q+2. The summed E-state index contributed by atoms with van der Waals surface area (Å²) < 4.78 is 2.13. The quantitative estimate of drug-likeness (QED) is 0.100. The van der Waals surface area contributed by atoms with Gasteiger partial charge in [0.05, 0.1) is 55.4 Å². The number of hydrogen-bond donors (Lipinski definition) is 0. The zero-order chi connectivity index (χ0) is 28.9. The number of unbranched alkanes of at least 4 members (excludes halogenated alkanes) is 14. The topological polar surface area (TPSA) is 40.6 Å². The molecule has 0 fully saturated rings. The normalized spacial score (nSPS) is 12.1. The summed E-state index contributed by atoms with van der Waals surface area (Å²) in [6, 6.07) is 0. The Morgan fingerprint density at radius 3 is 0.868 bits per heavy atom. The molecule has 0 aromatic rings. The third kappa shape index (κ3) is 25.2. The zero-order valence-electron chi connectivity index (χ0n) is 27.2. The van der Waals surface area contributed by atoms with Gasteiger partial charge in [0.25, 0.3) is 0 Å². The molecule has 6 nitrogen and oxygen atoms in total. The first-order valence-electron chi connectivity index (χ1n) is 15.9. The summed E-state index contributed by atoms with van der Waals surface area (Å²) >= 11 is 0. The zero-order valence-corrected chi connectivity index (χ0v) is 27.2. The minimum Gasteiger partial charge on any atom is -0.341 e. The predicted molar refractivity (Wildman–Crippen MR) is 164 cm³/mol. The molecule has 2 amide bonds. The van der Waals surface area contributed by atoms with Gasteiger partial charge in [-0.3, -0.25) is 9.59 Å². The van der Waals surface area contributed by atoms with Crippen molar-refractivity contribution >= 4 is 11.8 Å². The van der Waals surface area contributed by atoms with Crippen LogP contribution in [0.2, 0.25) is 0 Å². The molecule has 0 bridgehead atoms. The second kappa shape index (κ2) is 21.7. The lowest BCUT2D eigenvalue weighted by molar-refractivity contribution is -0.870. The highest BCUT2D eigenvalue weighted by Gasteiger charge is 2.13. The van der Waals surface area contributed by atoms with E-state index in [0.717, 1.165) is 34.9 Å². The van der Waals surface area contributed by atoms with Gasteiger partial charge in [-0.15, -0.1) is 0 Å². The van der Waals surface area contributed by atoms with Crippen LogP contribution >= 0.6 is 0 Å². The van der Waals surface area contributed by atoms with Gasteiger partial charge in [0.1, 0.15) is 0 Å². The Morgan fingerprint density at radius 2 is 0.632 bits per heavy atom. The number of quaternary nitrogens is 2. The van der Waals surface area contributed by atoms with E-state index in [9.17, 15) is 9.59 Å². The lowest BCUT2D eigenvalue weighted by Crippen LogP contribution is -2.40. The number of hydrogen-bond acceptors (Lipinski definition) is 2. The van der Waals surface area contributed by atoms with Gasteiger partial charge in [0.2, 0.25) is 11.8 Å². The molecular formula is C32H68N4O2+2. The van der Waals surface area contributed by atoms with Crippen LogP contribution in [0.25, 0.3) is 0 Å². The van der Waals surface area contributed by atoms with Gasteiger partial charge in [-0.2, -0.15) is 0 Å². The Hall–Kier alpha value is -1.14. The van der Waals surface area contributed by atoms with Gasteiger partial charge in [-0.05, 0) is 38.5 Å². The second-order valence-corrected chi connectivity index (χ2v) is 13.7. The van der Waals surface area contributed by atoms with Crippen molar-refractivity contribution in [2.24, 2.45) is 0 Å². The second-order valence-electron chi connectivity index (χ2n) is 13.7. The van der Waals surface area contributed by atoms with Crippen molar-refractivity contribution in [2.45, 2.75) is 117 Å². The minimum absolute atomic E-state index is 0.132. The maximum Gasteiger partial charge on any atom is 0.219 e. The van der Waals surface area contributed by atoms with Gasteiger partial charge < -0.3 is 18.8 Å². The lowest BCUT2D eigenvalue weighted by Gasteiger charge is -2.27. The molecule has 0 aliphatic heterocycles.